The molecule has 2 N–H and O–H groups in total. The number of hydrogen-bond acceptors (Lipinski definition) is 4. The SMILES string of the molecule is Cc1oc2nc[nH]c(=O)c2c1C(=O)NCCc1ccccc1F. The summed E-state index contributed by atoms with van der Waals surface area (Å²) in [5, 5.41) is 2.79. The monoisotopic (exact) mass is 315 g/mol. The van der Waals surface area contributed by atoms with Crippen molar-refractivity contribution in [2.24, 2.45) is 0 Å². The highest BCUT2D eigenvalue weighted by molar-refractivity contribution is 6.06. The Morgan fingerprint density at radius 2 is 2.17 bits per heavy atom. The van der Waals surface area contributed by atoms with Crippen LogP contribution in [-0.4, -0.2) is 22.4 Å². The largest absolute Gasteiger partial charge is 0.442 e. The summed E-state index contributed by atoms with van der Waals surface area (Å²) >= 11 is 0. The van der Waals surface area contributed by atoms with E-state index in [4.69, 9.17) is 4.42 Å². The van der Waals surface area contributed by atoms with Crippen LogP contribution in [0.4, 0.5) is 4.39 Å². The molecule has 1 amide bonds. The van der Waals surface area contributed by atoms with Crippen molar-refractivity contribution in [3.63, 3.8) is 0 Å². The number of aryl methyl sites for hydroxylation is 1. The van der Waals surface area contributed by atoms with E-state index in [9.17, 15) is 14.0 Å². The van der Waals surface area contributed by atoms with E-state index in [-0.39, 0.29) is 29.0 Å². The van der Waals surface area contributed by atoms with Crippen LogP contribution in [0.2, 0.25) is 0 Å². The van der Waals surface area contributed by atoms with Crippen LogP contribution in [0.1, 0.15) is 21.7 Å². The Balaban J connectivity index is 1.78. The highest BCUT2D eigenvalue weighted by atomic mass is 19.1. The molecule has 0 atom stereocenters. The van der Waals surface area contributed by atoms with Crippen LogP contribution in [0, 0.1) is 12.7 Å². The van der Waals surface area contributed by atoms with E-state index in [2.05, 4.69) is 15.3 Å². The zero-order valence-electron chi connectivity index (χ0n) is 12.4. The third-order valence-electron chi connectivity index (χ3n) is 3.54. The third-order valence-corrected chi connectivity index (χ3v) is 3.54. The highest BCUT2D eigenvalue weighted by Crippen LogP contribution is 2.20. The van der Waals surface area contributed by atoms with Crippen LogP contribution in [0.25, 0.3) is 11.1 Å². The van der Waals surface area contributed by atoms with Crippen molar-refractivity contribution >= 4 is 17.0 Å². The second-order valence-electron chi connectivity index (χ2n) is 5.04. The lowest BCUT2D eigenvalue weighted by Crippen LogP contribution is -2.27. The fourth-order valence-electron chi connectivity index (χ4n) is 2.43. The van der Waals surface area contributed by atoms with Crippen molar-refractivity contribution in [1.29, 1.82) is 0 Å². The van der Waals surface area contributed by atoms with Gasteiger partial charge in [-0.05, 0) is 25.0 Å². The number of carbonyl (C=O) groups excluding carboxylic acids is 1. The standard InChI is InChI=1S/C16H14FN3O3/c1-9-12(13-15(22)19-8-20-16(13)23-9)14(21)18-7-6-10-4-2-3-5-11(10)17/h2-5,8H,6-7H2,1H3,(H,18,21)(H,19,20,22). The van der Waals surface area contributed by atoms with Gasteiger partial charge in [0.05, 0.1) is 11.9 Å². The topological polar surface area (TPSA) is 88.0 Å². The van der Waals surface area contributed by atoms with Crippen LogP contribution in [-0.2, 0) is 6.42 Å². The van der Waals surface area contributed by atoms with Crippen LogP contribution in [0.5, 0.6) is 0 Å². The van der Waals surface area contributed by atoms with Gasteiger partial charge >= 0.3 is 0 Å². The zero-order chi connectivity index (χ0) is 16.4. The summed E-state index contributed by atoms with van der Waals surface area (Å²) < 4.78 is 18.9. The second-order valence-corrected chi connectivity index (χ2v) is 5.04. The Labute approximate surface area is 130 Å². The molecule has 118 valence electrons. The number of hydrogen-bond donors (Lipinski definition) is 2. The number of aromatic amines is 1. The van der Waals surface area contributed by atoms with Crippen molar-refractivity contribution in [3.8, 4) is 0 Å². The predicted molar refractivity (Wildman–Crippen MR) is 81.8 cm³/mol. The molecule has 3 rings (SSSR count). The summed E-state index contributed by atoms with van der Waals surface area (Å²) in [4.78, 5) is 30.5. The van der Waals surface area contributed by atoms with Crippen LogP contribution in [0.15, 0.2) is 39.8 Å². The van der Waals surface area contributed by atoms with Crippen LogP contribution < -0.4 is 10.9 Å². The first-order chi connectivity index (χ1) is 11.1. The van der Waals surface area contributed by atoms with Crippen LogP contribution >= 0.6 is 0 Å². The Hall–Kier alpha value is -2.96. The van der Waals surface area contributed by atoms with Crippen molar-refractivity contribution in [3.05, 3.63) is 63.7 Å². The first-order valence-electron chi connectivity index (χ1n) is 7.06. The average Bonchev–Trinajstić information content (AvgIpc) is 2.86. The molecule has 6 nitrogen and oxygen atoms in total. The number of carbonyl (C=O) groups is 1. The fraction of sp³-hybridized carbons (Fsp3) is 0.188. The summed E-state index contributed by atoms with van der Waals surface area (Å²) in [6.45, 7) is 1.83. The Bertz CT molecular complexity index is 930. The van der Waals surface area contributed by atoms with Gasteiger partial charge in [0.2, 0.25) is 5.71 Å². The molecule has 2 heterocycles. The van der Waals surface area contributed by atoms with Crippen molar-refractivity contribution in [2.75, 3.05) is 6.54 Å². The summed E-state index contributed by atoms with van der Waals surface area (Å²) in [5.41, 5.74) is 0.348. The minimum absolute atomic E-state index is 0.116. The number of nitrogens with zero attached hydrogens (tertiary/aromatic N) is 1. The normalized spacial score (nSPS) is 10.9. The Kier molecular flexibility index (Phi) is 3.92. The minimum Gasteiger partial charge on any atom is -0.442 e. The summed E-state index contributed by atoms with van der Waals surface area (Å²) in [6, 6.07) is 6.38. The molecular formula is C16H14FN3O3. The lowest BCUT2D eigenvalue weighted by molar-refractivity contribution is 0.0954. The molecule has 0 radical (unpaired) electrons. The first-order valence-corrected chi connectivity index (χ1v) is 7.06. The van der Waals surface area contributed by atoms with Gasteiger partial charge in [-0.3, -0.25) is 9.59 Å². The zero-order valence-corrected chi connectivity index (χ0v) is 12.4. The minimum atomic E-state index is -0.448. The molecular weight excluding hydrogens is 301 g/mol. The lowest BCUT2D eigenvalue weighted by atomic mass is 10.1. The predicted octanol–water partition coefficient (Wildman–Crippen LogP) is 1.94. The molecule has 2 aromatic heterocycles. The third kappa shape index (κ3) is 2.85. The van der Waals surface area contributed by atoms with Gasteiger partial charge in [-0.15, -0.1) is 0 Å². The van der Waals surface area contributed by atoms with Crippen molar-refractivity contribution in [1.82, 2.24) is 15.3 Å². The van der Waals surface area contributed by atoms with Crippen molar-refractivity contribution in [2.45, 2.75) is 13.3 Å². The van der Waals surface area contributed by atoms with Gasteiger partial charge in [-0.2, -0.15) is 0 Å². The smallest absolute Gasteiger partial charge is 0.262 e. The molecule has 0 saturated heterocycles. The van der Waals surface area contributed by atoms with E-state index >= 15 is 0 Å². The summed E-state index contributed by atoms with van der Waals surface area (Å²) in [5.74, 6) is -0.448. The molecule has 3 aromatic rings. The molecule has 0 fully saturated rings. The maximum absolute atomic E-state index is 13.5. The molecule has 0 saturated carbocycles. The van der Waals surface area contributed by atoms with Crippen molar-refractivity contribution < 1.29 is 13.6 Å². The number of furan rings is 1. The Morgan fingerprint density at radius 3 is 2.96 bits per heavy atom. The molecule has 0 spiro atoms. The lowest BCUT2D eigenvalue weighted by Gasteiger charge is -2.05. The number of nitrogens with one attached hydrogen (secondary N) is 2. The molecule has 0 unspecified atom stereocenters. The fourth-order valence-corrected chi connectivity index (χ4v) is 2.43. The maximum Gasteiger partial charge on any atom is 0.262 e. The Morgan fingerprint density at radius 1 is 1.39 bits per heavy atom. The second kappa shape index (κ2) is 6.04. The first kappa shape index (κ1) is 15.0. The van der Waals surface area contributed by atoms with E-state index in [1.165, 1.54) is 12.4 Å². The summed E-state index contributed by atoms with van der Waals surface area (Å²) in [6.07, 6.45) is 1.56. The average molecular weight is 315 g/mol. The van der Waals surface area contributed by atoms with Crippen LogP contribution in [0.3, 0.4) is 0 Å². The number of amides is 1. The maximum atomic E-state index is 13.5. The van der Waals surface area contributed by atoms with Gasteiger partial charge in [0, 0.05) is 6.54 Å². The van der Waals surface area contributed by atoms with Gasteiger partial charge < -0.3 is 14.7 Å². The van der Waals surface area contributed by atoms with Gasteiger partial charge in [0.25, 0.3) is 11.5 Å². The number of rotatable bonds is 4. The molecule has 23 heavy (non-hydrogen) atoms. The molecule has 0 aliphatic carbocycles. The van der Waals surface area contributed by atoms with E-state index < -0.39 is 11.5 Å². The summed E-state index contributed by atoms with van der Waals surface area (Å²) in [7, 11) is 0. The number of aromatic nitrogens is 2. The number of H-pyrrole nitrogens is 1. The van der Waals surface area contributed by atoms with E-state index in [1.54, 1.807) is 25.1 Å². The number of fused-ring (bicyclic) bond motifs is 1. The molecule has 0 bridgehead atoms. The molecule has 0 aliphatic heterocycles. The number of halogens is 1. The van der Waals surface area contributed by atoms with E-state index in [0.717, 1.165) is 0 Å². The molecule has 7 heteroatoms. The number of benzene rings is 1. The molecule has 0 aliphatic rings. The molecule has 1 aromatic carbocycles. The van der Waals surface area contributed by atoms with Gasteiger partial charge in [0.1, 0.15) is 17.0 Å². The quantitative estimate of drug-likeness (QED) is 0.770. The van der Waals surface area contributed by atoms with E-state index in [0.29, 0.717) is 17.7 Å². The van der Waals surface area contributed by atoms with Gasteiger partial charge in [0.15, 0.2) is 0 Å². The van der Waals surface area contributed by atoms with E-state index in [1.807, 2.05) is 0 Å². The highest BCUT2D eigenvalue weighted by Gasteiger charge is 2.21. The van der Waals surface area contributed by atoms with Gasteiger partial charge in [-0.25, -0.2) is 9.37 Å². The van der Waals surface area contributed by atoms with Gasteiger partial charge in [-0.1, -0.05) is 18.2 Å².